The minimum absolute atomic E-state index is 0.577. The summed E-state index contributed by atoms with van der Waals surface area (Å²) in [6.45, 7) is 6.66. The highest BCUT2D eigenvalue weighted by atomic mass is 79.9. The van der Waals surface area contributed by atoms with Gasteiger partial charge < -0.3 is 0 Å². The molecule has 0 saturated carbocycles. The van der Waals surface area contributed by atoms with Crippen LogP contribution in [-0.4, -0.2) is 0 Å². The molecule has 0 amide bonds. The molecule has 1 aromatic rings. The van der Waals surface area contributed by atoms with Crippen molar-refractivity contribution < 1.29 is 0 Å². The van der Waals surface area contributed by atoms with Crippen molar-refractivity contribution >= 4 is 27.3 Å². The molecule has 0 aliphatic rings. The first-order valence-electron chi connectivity index (χ1n) is 5.36. The molecule has 1 rings (SSSR count). The zero-order valence-electron chi connectivity index (χ0n) is 9.27. The van der Waals surface area contributed by atoms with E-state index in [1.54, 1.807) is 0 Å². The molecule has 0 saturated heterocycles. The van der Waals surface area contributed by atoms with Gasteiger partial charge in [0.15, 0.2) is 0 Å². The van der Waals surface area contributed by atoms with Crippen LogP contribution < -0.4 is 0 Å². The number of thiophene rings is 1. The second-order valence-electron chi connectivity index (χ2n) is 3.87. The van der Waals surface area contributed by atoms with Gasteiger partial charge in [-0.3, -0.25) is 0 Å². The normalized spacial score (nSPS) is 13.1. The third kappa shape index (κ3) is 3.39. The van der Waals surface area contributed by atoms with Crippen molar-refractivity contribution in [2.24, 2.45) is 0 Å². The molecule has 2 heteroatoms. The van der Waals surface area contributed by atoms with Crippen molar-refractivity contribution in [3.05, 3.63) is 21.4 Å². The molecule has 0 bridgehead atoms. The van der Waals surface area contributed by atoms with E-state index in [0.29, 0.717) is 4.83 Å². The summed E-state index contributed by atoms with van der Waals surface area (Å²) < 4.78 is 0. The summed E-state index contributed by atoms with van der Waals surface area (Å²) in [4.78, 5) is 3.53. The lowest BCUT2D eigenvalue weighted by molar-refractivity contribution is 0.666. The predicted octanol–water partition coefficient (Wildman–Crippen LogP) is 5.38. The Morgan fingerprint density at radius 1 is 1.36 bits per heavy atom. The molecule has 0 aromatic carbocycles. The van der Waals surface area contributed by atoms with Crippen molar-refractivity contribution in [3.8, 4) is 0 Å². The Bertz CT molecular complexity index is 278. The molecule has 0 radical (unpaired) electrons. The van der Waals surface area contributed by atoms with Crippen LogP contribution in [0.25, 0.3) is 0 Å². The predicted molar refractivity (Wildman–Crippen MR) is 69.6 cm³/mol. The van der Waals surface area contributed by atoms with E-state index in [9.17, 15) is 0 Å². The third-order valence-electron chi connectivity index (χ3n) is 2.42. The van der Waals surface area contributed by atoms with Crippen LogP contribution in [0, 0.1) is 13.8 Å². The second-order valence-corrected chi connectivity index (χ2v) is 6.26. The summed E-state index contributed by atoms with van der Waals surface area (Å²) >= 11 is 5.72. The minimum Gasteiger partial charge on any atom is -0.144 e. The average molecular weight is 275 g/mol. The summed E-state index contributed by atoms with van der Waals surface area (Å²) in [5.74, 6) is 0. The largest absolute Gasteiger partial charge is 0.144 e. The first-order chi connectivity index (χ1) is 6.65. The molecule has 0 fully saturated rings. The van der Waals surface area contributed by atoms with Crippen LogP contribution in [-0.2, 0) is 0 Å². The topological polar surface area (TPSA) is 0 Å². The van der Waals surface area contributed by atoms with Gasteiger partial charge in [0.2, 0.25) is 0 Å². The lowest BCUT2D eigenvalue weighted by Crippen LogP contribution is -1.88. The lowest BCUT2D eigenvalue weighted by Gasteiger charge is -2.08. The van der Waals surface area contributed by atoms with Crippen molar-refractivity contribution in [2.75, 3.05) is 0 Å². The second kappa shape index (κ2) is 5.92. The van der Waals surface area contributed by atoms with Crippen LogP contribution in [0.5, 0.6) is 0 Å². The fraction of sp³-hybridized carbons (Fsp3) is 0.667. The molecule has 0 aliphatic heterocycles. The van der Waals surface area contributed by atoms with Crippen LogP contribution in [0.2, 0.25) is 0 Å². The maximum atomic E-state index is 3.79. The molecule has 1 heterocycles. The van der Waals surface area contributed by atoms with Crippen LogP contribution in [0.3, 0.4) is 0 Å². The summed E-state index contributed by atoms with van der Waals surface area (Å²) in [6, 6.07) is 2.29. The molecule has 0 nitrogen and oxygen atoms in total. The first kappa shape index (κ1) is 12.3. The monoisotopic (exact) mass is 274 g/mol. The number of rotatable bonds is 5. The Kier molecular flexibility index (Phi) is 5.18. The Morgan fingerprint density at radius 2 is 2.07 bits per heavy atom. The number of alkyl halides is 1. The van der Waals surface area contributed by atoms with E-state index in [2.05, 4.69) is 42.8 Å². The Balaban J connectivity index is 2.51. The van der Waals surface area contributed by atoms with Crippen LogP contribution >= 0.6 is 27.3 Å². The molecular formula is C12H19BrS. The quantitative estimate of drug-likeness (QED) is 0.500. The molecule has 0 N–H and O–H groups in total. The van der Waals surface area contributed by atoms with Gasteiger partial charge in [0, 0.05) is 14.6 Å². The van der Waals surface area contributed by atoms with E-state index in [4.69, 9.17) is 0 Å². The molecule has 0 spiro atoms. The summed E-state index contributed by atoms with van der Waals surface area (Å²) in [5.41, 5.74) is 1.45. The van der Waals surface area contributed by atoms with E-state index in [0.717, 1.165) is 0 Å². The minimum atomic E-state index is 0.577. The zero-order valence-corrected chi connectivity index (χ0v) is 11.7. The van der Waals surface area contributed by atoms with Gasteiger partial charge in [0.1, 0.15) is 0 Å². The number of unbranched alkanes of at least 4 members (excludes halogenated alkanes) is 2. The fourth-order valence-corrected chi connectivity index (χ4v) is 3.69. The highest BCUT2D eigenvalue weighted by Gasteiger charge is 2.12. The van der Waals surface area contributed by atoms with Crippen molar-refractivity contribution in [1.29, 1.82) is 0 Å². The van der Waals surface area contributed by atoms with E-state index < -0.39 is 0 Å². The molecular weight excluding hydrogens is 256 g/mol. The van der Waals surface area contributed by atoms with E-state index in [1.807, 2.05) is 11.3 Å². The molecule has 14 heavy (non-hydrogen) atoms. The zero-order chi connectivity index (χ0) is 10.6. The van der Waals surface area contributed by atoms with Gasteiger partial charge in [-0.15, -0.1) is 11.3 Å². The third-order valence-corrected chi connectivity index (χ3v) is 4.91. The van der Waals surface area contributed by atoms with Gasteiger partial charge in [-0.2, -0.15) is 0 Å². The highest BCUT2D eigenvalue weighted by Crippen LogP contribution is 2.36. The van der Waals surface area contributed by atoms with Crippen molar-refractivity contribution in [2.45, 2.75) is 51.3 Å². The van der Waals surface area contributed by atoms with E-state index >= 15 is 0 Å². The Morgan fingerprint density at radius 3 is 2.57 bits per heavy atom. The van der Waals surface area contributed by atoms with Gasteiger partial charge in [-0.1, -0.05) is 42.1 Å². The van der Waals surface area contributed by atoms with E-state index in [1.165, 1.54) is 41.0 Å². The van der Waals surface area contributed by atoms with Gasteiger partial charge in [-0.25, -0.2) is 0 Å². The molecule has 0 aliphatic carbocycles. The summed E-state index contributed by atoms with van der Waals surface area (Å²) in [7, 11) is 0. The Labute approximate surface area is 99.9 Å². The Hall–Kier alpha value is 0.180. The SMILES string of the molecule is CCCCCC(Br)c1sc(C)cc1C. The number of halogens is 1. The van der Waals surface area contributed by atoms with Crippen molar-refractivity contribution in [3.63, 3.8) is 0 Å². The molecule has 80 valence electrons. The first-order valence-corrected chi connectivity index (χ1v) is 7.09. The van der Waals surface area contributed by atoms with Gasteiger partial charge in [0.25, 0.3) is 0 Å². The smallest absolute Gasteiger partial charge is 0.0491 e. The van der Waals surface area contributed by atoms with Crippen LogP contribution in [0.4, 0.5) is 0 Å². The van der Waals surface area contributed by atoms with Gasteiger partial charge in [-0.05, 0) is 31.9 Å². The lowest BCUT2D eigenvalue weighted by atomic mass is 10.1. The molecule has 1 aromatic heterocycles. The van der Waals surface area contributed by atoms with Gasteiger partial charge in [0.05, 0.1) is 0 Å². The molecule has 1 atom stereocenters. The number of hydrogen-bond donors (Lipinski definition) is 0. The molecule has 1 unspecified atom stereocenters. The number of hydrogen-bond acceptors (Lipinski definition) is 1. The maximum absolute atomic E-state index is 3.79. The number of aryl methyl sites for hydroxylation is 2. The summed E-state index contributed by atoms with van der Waals surface area (Å²) in [6.07, 6.45) is 5.27. The standard InChI is InChI=1S/C12H19BrS/c1-4-5-6-7-11(13)12-9(2)8-10(3)14-12/h8,11H,4-7H2,1-3H3. The van der Waals surface area contributed by atoms with Crippen LogP contribution in [0.1, 0.15) is 52.8 Å². The van der Waals surface area contributed by atoms with Crippen molar-refractivity contribution in [1.82, 2.24) is 0 Å². The van der Waals surface area contributed by atoms with Gasteiger partial charge >= 0.3 is 0 Å². The average Bonchev–Trinajstić information content (AvgIpc) is 2.45. The van der Waals surface area contributed by atoms with Crippen LogP contribution in [0.15, 0.2) is 6.07 Å². The summed E-state index contributed by atoms with van der Waals surface area (Å²) in [5, 5.41) is 0. The van der Waals surface area contributed by atoms with E-state index in [-0.39, 0.29) is 0 Å². The maximum Gasteiger partial charge on any atom is 0.0491 e. The fourth-order valence-electron chi connectivity index (χ4n) is 1.68. The highest BCUT2D eigenvalue weighted by molar-refractivity contribution is 9.09.